The van der Waals surface area contributed by atoms with Crippen LogP contribution in [0.25, 0.3) is 11.4 Å². The number of carbonyl (C=O) groups is 2. The fourth-order valence-corrected chi connectivity index (χ4v) is 3.47. The number of nitrogens with one attached hydrogen (secondary N) is 2. The van der Waals surface area contributed by atoms with Crippen LogP contribution in [0.3, 0.4) is 0 Å². The van der Waals surface area contributed by atoms with Gasteiger partial charge in [-0.3, -0.25) is 10.1 Å². The molecule has 2 N–H and O–H groups in total. The molecule has 3 amide bonds. The number of nitrogens with zero attached hydrogens (tertiary/aromatic N) is 3. The largest absolute Gasteiger partial charge is 0.333 e. The molecule has 0 aliphatic carbocycles. The maximum Gasteiger partial charge on any atom is 0.321 e. The third-order valence-electron chi connectivity index (χ3n) is 3.82. The van der Waals surface area contributed by atoms with Gasteiger partial charge in [0.1, 0.15) is 0 Å². The molecule has 0 spiro atoms. The van der Waals surface area contributed by atoms with E-state index in [1.54, 1.807) is 6.92 Å². The van der Waals surface area contributed by atoms with Gasteiger partial charge in [0, 0.05) is 17.6 Å². The molecule has 8 heteroatoms. The van der Waals surface area contributed by atoms with E-state index in [4.69, 9.17) is 0 Å². The Morgan fingerprint density at radius 1 is 1.25 bits per heavy atom. The summed E-state index contributed by atoms with van der Waals surface area (Å²) in [5.74, 6) is 0.418. The van der Waals surface area contributed by atoms with Gasteiger partial charge in [0.05, 0.1) is 5.25 Å². The summed E-state index contributed by atoms with van der Waals surface area (Å²) in [5, 5.41) is 13.9. The number of carbonyl (C=O) groups excluding carboxylic acids is 2. The van der Waals surface area contributed by atoms with Gasteiger partial charge in [-0.15, -0.1) is 10.2 Å². The van der Waals surface area contributed by atoms with Crippen LogP contribution in [-0.4, -0.2) is 37.5 Å². The Morgan fingerprint density at radius 2 is 1.96 bits per heavy atom. The second kappa shape index (κ2) is 9.23. The van der Waals surface area contributed by atoms with Crippen LogP contribution in [0, 0.1) is 6.92 Å². The third kappa shape index (κ3) is 6.09. The van der Waals surface area contributed by atoms with Gasteiger partial charge in [-0.2, -0.15) is 0 Å². The smallest absolute Gasteiger partial charge is 0.321 e. The normalized spacial score (nSPS) is 12.5. The van der Waals surface area contributed by atoms with Crippen molar-refractivity contribution in [3.63, 3.8) is 0 Å². The maximum absolute atomic E-state index is 12.4. The van der Waals surface area contributed by atoms with Crippen LogP contribution < -0.4 is 10.6 Å². The molecule has 1 atom stereocenters. The van der Waals surface area contributed by atoms with E-state index in [1.807, 2.05) is 50.5 Å². The standard InChI is InChI=1S/C20H29N5O2S/c1-7-11-25-16(15-10-8-9-13(2)12-15)23-24-19(25)28-14(3)17(26)21-18(27)22-20(4,5)6/h8-10,12,14H,7,11H2,1-6H3,(H2,21,22,26,27)/t14-/m1/s1. The van der Waals surface area contributed by atoms with Crippen LogP contribution in [-0.2, 0) is 11.3 Å². The lowest BCUT2D eigenvalue weighted by molar-refractivity contribution is -0.119. The van der Waals surface area contributed by atoms with Gasteiger partial charge < -0.3 is 9.88 Å². The molecule has 1 aromatic carbocycles. The maximum atomic E-state index is 12.4. The van der Waals surface area contributed by atoms with Crippen molar-refractivity contribution in [2.24, 2.45) is 0 Å². The van der Waals surface area contributed by atoms with Crippen molar-refractivity contribution in [1.82, 2.24) is 25.4 Å². The van der Waals surface area contributed by atoms with Crippen molar-refractivity contribution in [3.8, 4) is 11.4 Å². The first-order chi connectivity index (χ1) is 13.1. The summed E-state index contributed by atoms with van der Waals surface area (Å²) >= 11 is 1.30. The number of amides is 3. The summed E-state index contributed by atoms with van der Waals surface area (Å²) in [6.07, 6.45) is 0.916. The molecule has 1 aromatic heterocycles. The Morgan fingerprint density at radius 3 is 2.57 bits per heavy atom. The number of aryl methyl sites for hydroxylation is 1. The van der Waals surface area contributed by atoms with E-state index < -0.39 is 16.8 Å². The van der Waals surface area contributed by atoms with E-state index in [0.29, 0.717) is 5.16 Å². The van der Waals surface area contributed by atoms with Crippen LogP contribution in [0.1, 0.15) is 46.6 Å². The molecule has 2 rings (SSSR count). The summed E-state index contributed by atoms with van der Waals surface area (Å²) in [6.45, 7) is 12.2. The van der Waals surface area contributed by atoms with Crippen LogP contribution in [0.2, 0.25) is 0 Å². The van der Waals surface area contributed by atoms with Crippen molar-refractivity contribution >= 4 is 23.7 Å². The van der Waals surface area contributed by atoms with Gasteiger partial charge in [-0.25, -0.2) is 4.79 Å². The molecule has 152 valence electrons. The van der Waals surface area contributed by atoms with Gasteiger partial charge in [-0.05, 0) is 47.1 Å². The number of rotatable bonds is 6. The number of thioether (sulfide) groups is 1. The Bertz CT molecular complexity index is 841. The molecule has 0 saturated carbocycles. The van der Waals surface area contributed by atoms with Crippen LogP contribution in [0.15, 0.2) is 29.4 Å². The molecule has 0 aliphatic rings. The van der Waals surface area contributed by atoms with Gasteiger partial charge >= 0.3 is 6.03 Å². The minimum Gasteiger partial charge on any atom is -0.333 e. The minimum atomic E-state index is -0.500. The lowest BCUT2D eigenvalue weighted by atomic mass is 10.1. The van der Waals surface area contributed by atoms with Gasteiger partial charge in [0.25, 0.3) is 0 Å². The molecular formula is C20H29N5O2S. The first-order valence-electron chi connectivity index (χ1n) is 9.40. The predicted molar refractivity (Wildman–Crippen MR) is 112 cm³/mol. The SMILES string of the molecule is CCCn1c(S[C@H](C)C(=O)NC(=O)NC(C)(C)C)nnc1-c1cccc(C)c1. The molecule has 28 heavy (non-hydrogen) atoms. The average Bonchev–Trinajstić information content (AvgIpc) is 2.96. The topological polar surface area (TPSA) is 88.9 Å². The van der Waals surface area contributed by atoms with E-state index in [2.05, 4.69) is 33.8 Å². The fraction of sp³-hybridized carbons (Fsp3) is 0.500. The highest BCUT2D eigenvalue weighted by Gasteiger charge is 2.23. The van der Waals surface area contributed by atoms with Crippen LogP contribution >= 0.6 is 11.8 Å². The van der Waals surface area contributed by atoms with Crippen LogP contribution in [0.5, 0.6) is 0 Å². The zero-order valence-corrected chi connectivity index (χ0v) is 18.2. The first-order valence-corrected chi connectivity index (χ1v) is 10.3. The van der Waals surface area contributed by atoms with Gasteiger partial charge in [0.2, 0.25) is 5.91 Å². The van der Waals surface area contributed by atoms with Gasteiger partial charge in [0.15, 0.2) is 11.0 Å². The monoisotopic (exact) mass is 403 g/mol. The molecule has 0 fully saturated rings. The second-order valence-corrected chi connectivity index (χ2v) is 9.09. The highest BCUT2D eigenvalue weighted by Crippen LogP contribution is 2.27. The molecular weight excluding hydrogens is 374 g/mol. The van der Waals surface area contributed by atoms with Crippen molar-refractivity contribution in [1.29, 1.82) is 0 Å². The number of aromatic nitrogens is 3. The van der Waals surface area contributed by atoms with Gasteiger partial charge in [-0.1, -0.05) is 42.4 Å². The zero-order valence-electron chi connectivity index (χ0n) is 17.4. The summed E-state index contributed by atoms with van der Waals surface area (Å²) in [4.78, 5) is 24.3. The number of urea groups is 1. The Labute approximate surface area is 170 Å². The summed E-state index contributed by atoms with van der Waals surface area (Å²) < 4.78 is 2.03. The van der Waals surface area contributed by atoms with E-state index >= 15 is 0 Å². The van der Waals surface area contributed by atoms with Crippen molar-refractivity contribution in [2.75, 3.05) is 0 Å². The number of hydrogen-bond donors (Lipinski definition) is 2. The first kappa shape index (κ1) is 21.9. The summed E-state index contributed by atoms with van der Waals surface area (Å²) in [5.41, 5.74) is 1.73. The second-order valence-electron chi connectivity index (χ2n) is 7.78. The lowest BCUT2D eigenvalue weighted by Gasteiger charge is -2.21. The molecule has 7 nitrogen and oxygen atoms in total. The zero-order chi connectivity index (χ0) is 20.9. The van der Waals surface area contributed by atoms with E-state index in [0.717, 1.165) is 29.9 Å². The van der Waals surface area contributed by atoms with Crippen molar-refractivity contribution in [2.45, 2.75) is 70.5 Å². The minimum absolute atomic E-state index is 0.366. The Hall–Kier alpha value is -2.35. The predicted octanol–water partition coefficient (Wildman–Crippen LogP) is 3.77. The summed E-state index contributed by atoms with van der Waals surface area (Å²) in [7, 11) is 0. The molecule has 2 aromatic rings. The molecule has 0 unspecified atom stereocenters. The Balaban J connectivity index is 2.15. The highest BCUT2D eigenvalue weighted by atomic mass is 32.2. The number of hydrogen-bond acceptors (Lipinski definition) is 5. The van der Waals surface area contributed by atoms with Crippen LogP contribution in [0.4, 0.5) is 4.79 Å². The molecule has 0 aliphatic heterocycles. The van der Waals surface area contributed by atoms with Crippen molar-refractivity contribution < 1.29 is 9.59 Å². The lowest BCUT2D eigenvalue weighted by Crippen LogP contribution is -2.49. The fourth-order valence-electron chi connectivity index (χ4n) is 2.60. The highest BCUT2D eigenvalue weighted by molar-refractivity contribution is 8.00. The number of imide groups is 1. The van der Waals surface area contributed by atoms with E-state index in [9.17, 15) is 9.59 Å². The van der Waals surface area contributed by atoms with Crippen molar-refractivity contribution in [3.05, 3.63) is 29.8 Å². The van der Waals surface area contributed by atoms with E-state index in [-0.39, 0.29) is 5.91 Å². The quantitative estimate of drug-likeness (QED) is 0.717. The summed E-state index contributed by atoms with van der Waals surface area (Å²) in [6, 6.07) is 7.60. The van der Waals surface area contributed by atoms with E-state index in [1.165, 1.54) is 11.8 Å². The average molecular weight is 404 g/mol. The Kier molecular flexibility index (Phi) is 7.23. The third-order valence-corrected chi connectivity index (χ3v) is 4.90. The number of benzene rings is 1. The molecule has 0 bridgehead atoms. The molecule has 1 heterocycles. The molecule has 0 saturated heterocycles. The molecule has 0 radical (unpaired) electrons.